The third-order valence-corrected chi connectivity index (χ3v) is 3.51. The Labute approximate surface area is 109 Å². The van der Waals surface area contributed by atoms with E-state index in [9.17, 15) is 9.90 Å². The van der Waals surface area contributed by atoms with E-state index in [2.05, 4.69) is 4.98 Å². The maximum Gasteiger partial charge on any atom is 0.326 e. The number of nitrogens with zero attached hydrogens (tertiary/aromatic N) is 2. The van der Waals surface area contributed by atoms with Gasteiger partial charge in [-0.15, -0.1) is 0 Å². The molecule has 19 heavy (non-hydrogen) atoms. The summed E-state index contributed by atoms with van der Waals surface area (Å²) in [6, 6.07) is 2.95. The molecule has 2 atom stereocenters. The average molecular weight is 262 g/mol. The molecule has 0 aliphatic carbocycles. The molecule has 100 valence electrons. The van der Waals surface area contributed by atoms with Crippen LogP contribution in [-0.4, -0.2) is 41.9 Å². The Morgan fingerprint density at radius 1 is 1.58 bits per heavy atom. The number of anilines is 1. The fourth-order valence-electron chi connectivity index (χ4n) is 2.55. The zero-order chi connectivity index (χ0) is 13.4. The second-order valence-corrected chi connectivity index (χ2v) is 4.57. The number of carbonyl (C=O) groups is 1. The Morgan fingerprint density at radius 3 is 3.16 bits per heavy atom. The van der Waals surface area contributed by atoms with Gasteiger partial charge in [0.15, 0.2) is 0 Å². The molecule has 2 aromatic rings. The number of pyridine rings is 1. The van der Waals surface area contributed by atoms with E-state index in [-0.39, 0.29) is 6.10 Å². The van der Waals surface area contributed by atoms with Crippen LogP contribution in [0.15, 0.2) is 29.0 Å². The van der Waals surface area contributed by atoms with Crippen molar-refractivity contribution < 1.29 is 19.1 Å². The first-order valence-corrected chi connectivity index (χ1v) is 6.05. The molecule has 1 aliphatic rings. The molecule has 1 saturated heterocycles. The lowest BCUT2D eigenvalue weighted by molar-refractivity contribution is -0.138. The lowest BCUT2D eigenvalue weighted by atomic mass is 10.2. The first-order valence-electron chi connectivity index (χ1n) is 6.05. The van der Waals surface area contributed by atoms with Crippen LogP contribution < -0.4 is 4.90 Å². The molecule has 6 heteroatoms. The third-order valence-electron chi connectivity index (χ3n) is 3.51. The Bertz CT molecular complexity index is 609. The first kappa shape index (κ1) is 12.0. The summed E-state index contributed by atoms with van der Waals surface area (Å²) < 4.78 is 10.6. The number of aromatic nitrogens is 1. The first-order chi connectivity index (χ1) is 9.20. The zero-order valence-corrected chi connectivity index (χ0v) is 10.4. The maximum atomic E-state index is 11.4. The topological polar surface area (TPSA) is 75.8 Å². The van der Waals surface area contributed by atoms with Gasteiger partial charge in [0.2, 0.25) is 0 Å². The number of carboxylic acid groups (broad SMARTS) is 1. The molecule has 0 amide bonds. The Kier molecular flexibility index (Phi) is 2.87. The van der Waals surface area contributed by atoms with Gasteiger partial charge in [-0.2, -0.15) is 0 Å². The molecule has 1 fully saturated rings. The molecule has 3 heterocycles. The van der Waals surface area contributed by atoms with Crippen LogP contribution in [0.3, 0.4) is 0 Å². The number of hydrogen-bond acceptors (Lipinski definition) is 5. The van der Waals surface area contributed by atoms with Crippen molar-refractivity contribution in [2.24, 2.45) is 0 Å². The van der Waals surface area contributed by atoms with Crippen molar-refractivity contribution in [1.29, 1.82) is 0 Å². The van der Waals surface area contributed by atoms with E-state index in [4.69, 9.17) is 9.15 Å². The molecule has 2 unspecified atom stereocenters. The van der Waals surface area contributed by atoms with Crippen molar-refractivity contribution in [2.75, 3.05) is 18.6 Å². The van der Waals surface area contributed by atoms with E-state index in [0.717, 1.165) is 5.39 Å². The van der Waals surface area contributed by atoms with Gasteiger partial charge < -0.3 is 19.2 Å². The summed E-state index contributed by atoms with van der Waals surface area (Å²) in [6.45, 7) is 0.519. The molecule has 1 N–H and O–H groups in total. The van der Waals surface area contributed by atoms with E-state index < -0.39 is 12.0 Å². The lowest BCUT2D eigenvalue weighted by Crippen LogP contribution is -2.36. The van der Waals surface area contributed by atoms with Crippen LogP contribution in [0, 0.1) is 0 Å². The monoisotopic (exact) mass is 262 g/mol. The van der Waals surface area contributed by atoms with E-state index in [0.29, 0.717) is 24.4 Å². The van der Waals surface area contributed by atoms with E-state index >= 15 is 0 Å². The lowest BCUT2D eigenvalue weighted by Gasteiger charge is -2.22. The van der Waals surface area contributed by atoms with Crippen LogP contribution in [-0.2, 0) is 9.53 Å². The van der Waals surface area contributed by atoms with Crippen LogP contribution in [0.4, 0.5) is 5.82 Å². The van der Waals surface area contributed by atoms with Gasteiger partial charge in [-0.05, 0) is 12.1 Å². The molecular weight excluding hydrogens is 248 g/mol. The Morgan fingerprint density at radius 2 is 2.42 bits per heavy atom. The number of furan rings is 1. The van der Waals surface area contributed by atoms with Gasteiger partial charge in [-0.25, -0.2) is 9.78 Å². The largest absolute Gasteiger partial charge is 0.480 e. The average Bonchev–Trinajstić information content (AvgIpc) is 3.04. The quantitative estimate of drug-likeness (QED) is 0.903. The number of fused-ring (bicyclic) bond motifs is 1. The predicted octanol–water partition coefficient (Wildman–Crippen LogP) is 1.51. The second kappa shape index (κ2) is 4.55. The summed E-state index contributed by atoms with van der Waals surface area (Å²) in [4.78, 5) is 17.5. The van der Waals surface area contributed by atoms with Crippen molar-refractivity contribution in [2.45, 2.75) is 18.6 Å². The number of methoxy groups -OCH3 is 1. The minimum absolute atomic E-state index is 0.0925. The van der Waals surface area contributed by atoms with Gasteiger partial charge in [-0.1, -0.05) is 0 Å². The summed E-state index contributed by atoms with van der Waals surface area (Å²) >= 11 is 0. The van der Waals surface area contributed by atoms with Crippen molar-refractivity contribution in [1.82, 2.24) is 4.98 Å². The molecule has 6 nitrogen and oxygen atoms in total. The van der Waals surface area contributed by atoms with Gasteiger partial charge in [0.1, 0.15) is 17.4 Å². The van der Waals surface area contributed by atoms with Crippen LogP contribution in [0.1, 0.15) is 6.42 Å². The molecule has 2 aromatic heterocycles. The molecule has 3 rings (SSSR count). The van der Waals surface area contributed by atoms with E-state index in [1.807, 2.05) is 0 Å². The maximum absolute atomic E-state index is 11.4. The number of ether oxygens (including phenoxy) is 1. The third kappa shape index (κ3) is 1.94. The molecule has 0 bridgehead atoms. The summed E-state index contributed by atoms with van der Waals surface area (Å²) in [5.74, 6) is -0.222. The van der Waals surface area contributed by atoms with Crippen LogP contribution >= 0.6 is 0 Å². The highest BCUT2D eigenvalue weighted by Gasteiger charge is 2.38. The molecule has 0 spiro atoms. The minimum Gasteiger partial charge on any atom is -0.480 e. The number of aliphatic carboxylic acids is 1. The van der Waals surface area contributed by atoms with Gasteiger partial charge in [0.05, 0.1) is 17.8 Å². The van der Waals surface area contributed by atoms with Crippen molar-refractivity contribution in [3.05, 3.63) is 24.6 Å². The summed E-state index contributed by atoms with van der Waals surface area (Å²) in [5.41, 5.74) is 0.704. The SMILES string of the molecule is COC1CC(C(=O)O)N(c2nccc3occc23)C1. The van der Waals surface area contributed by atoms with Crippen LogP contribution in [0.5, 0.6) is 0 Å². The van der Waals surface area contributed by atoms with Crippen LogP contribution in [0.25, 0.3) is 11.0 Å². The number of hydrogen-bond donors (Lipinski definition) is 1. The molecule has 0 saturated carbocycles. The fraction of sp³-hybridized carbons (Fsp3) is 0.385. The van der Waals surface area contributed by atoms with E-state index in [1.54, 1.807) is 36.6 Å². The highest BCUT2D eigenvalue weighted by molar-refractivity contribution is 5.91. The van der Waals surface area contributed by atoms with Gasteiger partial charge in [0, 0.05) is 26.3 Å². The Balaban J connectivity index is 2.04. The zero-order valence-electron chi connectivity index (χ0n) is 10.4. The normalized spacial score (nSPS) is 23.1. The van der Waals surface area contributed by atoms with Crippen molar-refractivity contribution in [3.63, 3.8) is 0 Å². The van der Waals surface area contributed by atoms with Crippen LogP contribution in [0.2, 0.25) is 0 Å². The fourth-order valence-corrected chi connectivity index (χ4v) is 2.55. The van der Waals surface area contributed by atoms with Gasteiger partial charge in [-0.3, -0.25) is 0 Å². The molecule has 1 aliphatic heterocycles. The summed E-state index contributed by atoms with van der Waals surface area (Å²) in [5, 5.41) is 10.2. The van der Waals surface area contributed by atoms with Crippen molar-refractivity contribution >= 4 is 22.8 Å². The number of rotatable bonds is 3. The molecule has 0 radical (unpaired) electrons. The minimum atomic E-state index is -0.859. The summed E-state index contributed by atoms with van der Waals surface area (Å²) in [6.07, 6.45) is 3.57. The smallest absolute Gasteiger partial charge is 0.326 e. The molecular formula is C13H14N2O4. The Hall–Kier alpha value is -2.08. The highest BCUT2D eigenvalue weighted by Crippen LogP contribution is 2.31. The predicted molar refractivity (Wildman–Crippen MR) is 68.2 cm³/mol. The van der Waals surface area contributed by atoms with Crippen molar-refractivity contribution in [3.8, 4) is 0 Å². The van der Waals surface area contributed by atoms with Gasteiger partial charge in [0.25, 0.3) is 0 Å². The second-order valence-electron chi connectivity index (χ2n) is 4.57. The standard InChI is InChI=1S/C13H14N2O4/c1-18-8-6-10(13(16)17)15(7-8)12-9-3-5-19-11(9)2-4-14-12/h2-5,8,10H,6-7H2,1H3,(H,16,17). The van der Waals surface area contributed by atoms with E-state index in [1.165, 1.54) is 0 Å². The molecule has 0 aromatic carbocycles. The highest BCUT2D eigenvalue weighted by atomic mass is 16.5. The van der Waals surface area contributed by atoms with Gasteiger partial charge >= 0.3 is 5.97 Å². The summed E-state index contributed by atoms with van der Waals surface area (Å²) in [7, 11) is 1.60. The number of carboxylic acids is 1.